The number of piperazine rings is 1. The number of thiophene rings is 1. The van der Waals surface area contributed by atoms with E-state index in [0.717, 1.165) is 49.5 Å². The van der Waals surface area contributed by atoms with Crippen molar-refractivity contribution >= 4 is 38.9 Å². The molecule has 1 aromatic heterocycles. The number of nitrogens with one attached hydrogen (secondary N) is 2. The molecular weight excluding hydrogens is 420 g/mol. The highest BCUT2D eigenvalue weighted by Crippen LogP contribution is 2.27. The van der Waals surface area contributed by atoms with Gasteiger partial charge in [0.2, 0.25) is 11.8 Å². The lowest BCUT2D eigenvalue weighted by molar-refractivity contribution is -0.125. The van der Waals surface area contributed by atoms with E-state index >= 15 is 0 Å². The second kappa shape index (κ2) is 10.3. The van der Waals surface area contributed by atoms with Crippen molar-refractivity contribution in [3.8, 4) is 0 Å². The maximum Gasteiger partial charge on any atom is 0.243 e. The summed E-state index contributed by atoms with van der Waals surface area (Å²) >= 11 is 1.80. The summed E-state index contributed by atoms with van der Waals surface area (Å²) < 4.78 is 1.33. The van der Waals surface area contributed by atoms with Crippen LogP contribution in [0.1, 0.15) is 16.7 Å². The van der Waals surface area contributed by atoms with Crippen LogP contribution >= 0.6 is 11.3 Å². The normalized spacial score (nSPS) is 15.1. The number of rotatable bonds is 7. The quantitative estimate of drug-likeness (QED) is 0.579. The first-order valence-electron chi connectivity index (χ1n) is 11.0. The molecule has 0 atom stereocenters. The van der Waals surface area contributed by atoms with Crippen LogP contribution in [0.25, 0.3) is 10.1 Å². The van der Waals surface area contributed by atoms with Gasteiger partial charge in [0, 0.05) is 43.1 Å². The summed E-state index contributed by atoms with van der Waals surface area (Å²) in [7, 11) is 0. The van der Waals surface area contributed by atoms with Gasteiger partial charge in [0.25, 0.3) is 0 Å². The van der Waals surface area contributed by atoms with E-state index in [1.165, 1.54) is 15.6 Å². The van der Waals surface area contributed by atoms with Crippen molar-refractivity contribution in [1.29, 1.82) is 0 Å². The SMILES string of the molecule is Cc1cccc(NC(=O)CNC(=O)CN2CCN(Cc3csc4ccccc34)CC2)c1C. The van der Waals surface area contributed by atoms with E-state index in [0.29, 0.717) is 6.54 Å². The van der Waals surface area contributed by atoms with Gasteiger partial charge in [0.1, 0.15) is 0 Å². The van der Waals surface area contributed by atoms with Gasteiger partial charge >= 0.3 is 0 Å². The average Bonchev–Trinajstić information content (AvgIpc) is 3.20. The Hall–Kier alpha value is -2.74. The van der Waals surface area contributed by atoms with E-state index in [-0.39, 0.29) is 18.4 Å². The zero-order valence-corrected chi connectivity index (χ0v) is 19.5. The van der Waals surface area contributed by atoms with Crippen LogP contribution in [-0.4, -0.2) is 60.9 Å². The first-order valence-corrected chi connectivity index (χ1v) is 11.9. The van der Waals surface area contributed by atoms with Crippen LogP contribution in [0.3, 0.4) is 0 Å². The minimum absolute atomic E-state index is 0.0165. The van der Waals surface area contributed by atoms with Gasteiger partial charge in [-0.1, -0.05) is 30.3 Å². The van der Waals surface area contributed by atoms with Crippen molar-refractivity contribution in [1.82, 2.24) is 15.1 Å². The third-order valence-electron chi connectivity index (χ3n) is 6.11. The van der Waals surface area contributed by atoms with Crippen LogP contribution in [0.15, 0.2) is 47.8 Å². The van der Waals surface area contributed by atoms with Crippen molar-refractivity contribution in [3.63, 3.8) is 0 Å². The Labute approximate surface area is 193 Å². The molecule has 7 heteroatoms. The lowest BCUT2D eigenvalue weighted by atomic mass is 10.1. The highest BCUT2D eigenvalue weighted by Gasteiger charge is 2.20. The first-order chi connectivity index (χ1) is 15.5. The van der Waals surface area contributed by atoms with Crippen LogP contribution in [0, 0.1) is 13.8 Å². The molecule has 2 aromatic carbocycles. The zero-order chi connectivity index (χ0) is 22.5. The van der Waals surface area contributed by atoms with Crippen LogP contribution in [0.4, 0.5) is 5.69 Å². The van der Waals surface area contributed by atoms with Gasteiger partial charge in [-0.25, -0.2) is 0 Å². The van der Waals surface area contributed by atoms with Gasteiger partial charge in [0.15, 0.2) is 0 Å². The fourth-order valence-electron chi connectivity index (χ4n) is 4.02. The van der Waals surface area contributed by atoms with Gasteiger partial charge in [-0.05, 0) is 53.4 Å². The van der Waals surface area contributed by atoms with Gasteiger partial charge < -0.3 is 10.6 Å². The summed E-state index contributed by atoms with van der Waals surface area (Å²) in [5.41, 5.74) is 4.34. The fourth-order valence-corrected chi connectivity index (χ4v) is 4.97. The zero-order valence-electron chi connectivity index (χ0n) is 18.7. The van der Waals surface area contributed by atoms with Crippen molar-refractivity contribution in [2.75, 3.05) is 44.6 Å². The highest BCUT2D eigenvalue weighted by molar-refractivity contribution is 7.17. The maximum atomic E-state index is 12.3. The third kappa shape index (κ3) is 5.54. The molecule has 0 saturated carbocycles. The predicted octanol–water partition coefficient (Wildman–Crippen LogP) is 3.39. The largest absolute Gasteiger partial charge is 0.346 e. The van der Waals surface area contributed by atoms with Gasteiger partial charge in [-0.2, -0.15) is 0 Å². The van der Waals surface area contributed by atoms with Gasteiger partial charge in [0.05, 0.1) is 13.1 Å². The molecule has 3 aromatic rings. The van der Waals surface area contributed by atoms with Crippen molar-refractivity contribution in [2.24, 2.45) is 0 Å². The van der Waals surface area contributed by atoms with Crippen LogP contribution in [0.5, 0.6) is 0 Å². The molecule has 0 unspecified atom stereocenters. The number of carbonyl (C=O) groups is 2. The number of hydrogen-bond acceptors (Lipinski definition) is 5. The molecule has 1 fully saturated rings. The molecule has 0 aliphatic carbocycles. The van der Waals surface area contributed by atoms with Crippen molar-refractivity contribution in [2.45, 2.75) is 20.4 Å². The Morgan fingerprint density at radius 1 is 0.938 bits per heavy atom. The van der Waals surface area contributed by atoms with E-state index in [4.69, 9.17) is 0 Å². The standard InChI is InChI=1S/C25H30N4O2S/c1-18-6-5-8-22(19(18)2)27-24(30)14-26-25(31)16-29-12-10-28(11-13-29)15-20-17-32-23-9-4-3-7-21(20)23/h3-9,17H,10-16H2,1-2H3,(H,26,31)(H,27,30). The molecule has 2 amide bonds. The number of anilines is 1. The number of hydrogen-bond donors (Lipinski definition) is 2. The number of aryl methyl sites for hydroxylation is 1. The molecule has 32 heavy (non-hydrogen) atoms. The molecule has 0 radical (unpaired) electrons. The second-order valence-electron chi connectivity index (χ2n) is 8.38. The number of nitrogens with zero attached hydrogens (tertiary/aromatic N) is 2. The first kappa shape index (κ1) is 22.5. The number of benzene rings is 2. The maximum absolute atomic E-state index is 12.3. The molecule has 0 spiro atoms. The lowest BCUT2D eigenvalue weighted by Crippen LogP contribution is -2.49. The molecule has 1 saturated heterocycles. The Kier molecular flexibility index (Phi) is 7.19. The molecule has 4 rings (SSSR count). The summed E-state index contributed by atoms with van der Waals surface area (Å²) in [5, 5.41) is 9.23. The Morgan fingerprint density at radius 2 is 1.69 bits per heavy atom. The smallest absolute Gasteiger partial charge is 0.243 e. The predicted molar refractivity (Wildman–Crippen MR) is 131 cm³/mol. The van der Waals surface area contributed by atoms with Crippen molar-refractivity contribution < 1.29 is 9.59 Å². The van der Waals surface area contributed by atoms with E-state index in [9.17, 15) is 9.59 Å². The molecule has 1 aliphatic rings. The Bertz CT molecular complexity index is 1100. The summed E-state index contributed by atoms with van der Waals surface area (Å²) in [4.78, 5) is 29.1. The van der Waals surface area contributed by atoms with E-state index < -0.39 is 0 Å². The Morgan fingerprint density at radius 3 is 2.50 bits per heavy atom. The van der Waals surface area contributed by atoms with E-state index in [1.807, 2.05) is 32.0 Å². The monoisotopic (exact) mass is 450 g/mol. The van der Waals surface area contributed by atoms with Crippen LogP contribution < -0.4 is 10.6 Å². The number of fused-ring (bicyclic) bond motifs is 1. The molecule has 168 valence electrons. The minimum atomic E-state index is -0.208. The number of amides is 2. The topological polar surface area (TPSA) is 64.7 Å². The molecular formula is C25H30N4O2S. The van der Waals surface area contributed by atoms with Crippen LogP contribution in [-0.2, 0) is 16.1 Å². The summed E-state index contributed by atoms with van der Waals surface area (Å²) in [6.45, 7) is 8.81. The second-order valence-corrected chi connectivity index (χ2v) is 9.29. The lowest BCUT2D eigenvalue weighted by Gasteiger charge is -2.34. The van der Waals surface area contributed by atoms with Gasteiger partial charge in [-0.15, -0.1) is 11.3 Å². The fraction of sp³-hybridized carbons (Fsp3) is 0.360. The van der Waals surface area contributed by atoms with Crippen LogP contribution in [0.2, 0.25) is 0 Å². The van der Waals surface area contributed by atoms with Gasteiger partial charge in [-0.3, -0.25) is 19.4 Å². The average molecular weight is 451 g/mol. The third-order valence-corrected chi connectivity index (χ3v) is 7.12. The highest BCUT2D eigenvalue weighted by atomic mass is 32.1. The number of carbonyl (C=O) groups excluding carboxylic acids is 2. The summed E-state index contributed by atoms with van der Waals surface area (Å²) in [6.07, 6.45) is 0. The summed E-state index contributed by atoms with van der Waals surface area (Å²) in [5.74, 6) is -0.321. The molecule has 1 aliphatic heterocycles. The molecule has 6 nitrogen and oxygen atoms in total. The summed E-state index contributed by atoms with van der Waals surface area (Å²) in [6, 6.07) is 14.3. The van der Waals surface area contributed by atoms with E-state index in [2.05, 4.69) is 50.1 Å². The molecule has 2 heterocycles. The van der Waals surface area contributed by atoms with E-state index in [1.54, 1.807) is 11.3 Å². The van der Waals surface area contributed by atoms with Crippen molar-refractivity contribution in [3.05, 3.63) is 64.5 Å². The minimum Gasteiger partial charge on any atom is -0.346 e. The molecule has 0 bridgehead atoms. The Balaban J connectivity index is 1.18. The molecule has 2 N–H and O–H groups in total.